The molecule has 0 saturated carbocycles. The number of benzene rings is 1. The SMILES string of the molecule is Cc1cc(C)cc(N(CCCS(=O)(=O)O)CCCS(=O)(=O)O)c1.[H-].[Na+]. The molecule has 24 heavy (non-hydrogen) atoms. The Labute approximate surface area is 167 Å². The summed E-state index contributed by atoms with van der Waals surface area (Å²) in [6.07, 6.45) is 0.440. The molecule has 0 unspecified atom stereocenters. The molecule has 1 rings (SSSR count). The second kappa shape index (κ2) is 10.1. The molecule has 1 aromatic carbocycles. The Hall–Kier alpha value is -0.160. The molecular weight excluding hydrogens is 365 g/mol. The van der Waals surface area contributed by atoms with Crippen LogP contribution in [0.3, 0.4) is 0 Å². The summed E-state index contributed by atoms with van der Waals surface area (Å²) in [6, 6.07) is 5.85. The predicted octanol–water partition coefficient (Wildman–Crippen LogP) is -1.22. The first kappa shape index (κ1) is 23.8. The minimum Gasteiger partial charge on any atom is -1.00 e. The average molecular weight is 389 g/mol. The molecule has 0 aliphatic rings. The maximum Gasteiger partial charge on any atom is 1.00 e. The molecule has 0 atom stereocenters. The third kappa shape index (κ3) is 10.7. The third-order valence-corrected chi connectivity index (χ3v) is 4.84. The number of nitrogens with zero attached hydrogens (tertiary/aromatic N) is 1. The van der Waals surface area contributed by atoms with E-state index in [2.05, 4.69) is 0 Å². The Kier molecular flexibility index (Phi) is 10.0. The van der Waals surface area contributed by atoms with Gasteiger partial charge in [-0.1, -0.05) is 6.07 Å². The summed E-state index contributed by atoms with van der Waals surface area (Å²) < 4.78 is 60.9. The molecule has 0 bridgehead atoms. The molecule has 134 valence electrons. The maximum absolute atomic E-state index is 10.8. The molecule has 0 radical (unpaired) electrons. The van der Waals surface area contributed by atoms with Gasteiger partial charge in [0.2, 0.25) is 0 Å². The van der Waals surface area contributed by atoms with Gasteiger partial charge < -0.3 is 6.33 Å². The normalized spacial score (nSPS) is 11.8. The fourth-order valence-corrected chi connectivity index (χ4v) is 3.37. The average Bonchev–Trinajstić information content (AvgIpc) is 2.32. The number of anilines is 1. The van der Waals surface area contributed by atoms with Crippen LogP contribution in [-0.2, 0) is 20.2 Å². The first-order chi connectivity index (χ1) is 10.5. The summed E-state index contributed by atoms with van der Waals surface area (Å²) in [5.41, 5.74) is 2.93. The van der Waals surface area contributed by atoms with Crippen molar-refractivity contribution in [2.24, 2.45) is 0 Å². The van der Waals surface area contributed by atoms with Crippen molar-refractivity contribution in [3.05, 3.63) is 29.3 Å². The molecular formula is C14H24NNaO6S2. The second-order valence-corrected chi connectivity index (χ2v) is 8.76. The first-order valence-corrected chi connectivity index (χ1v) is 10.4. The van der Waals surface area contributed by atoms with Crippen LogP contribution in [0.2, 0.25) is 0 Å². The van der Waals surface area contributed by atoms with Crippen LogP contribution in [0.1, 0.15) is 25.4 Å². The predicted molar refractivity (Wildman–Crippen MR) is 91.3 cm³/mol. The summed E-state index contributed by atoms with van der Waals surface area (Å²) >= 11 is 0. The zero-order chi connectivity index (χ0) is 17.7. The van der Waals surface area contributed by atoms with Crippen molar-refractivity contribution in [2.75, 3.05) is 29.5 Å². The topological polar surface area (TPSA) is 112 Å². The fourth-order valence-electron chi connectivity index (χ4n) is 2.38. The van der Waals surface area contributed by atoms with Crippen molar-refractivity contribution in [3.8, 4) is 0 Å². The Morgan fingerprint density at radius 3 is 1.58 bits per heavy atom. The van der Waals surface area contributed by atoms with Crippen LogP contribution in [0.25, 0.3) is 0 Å². The van der Waals surface area contributed by atoms with Gasteiger partial charge in [0, 0.05) is 18.8 Å². The third-order valence-electron chi connectivity index (χ3n) is 3.23. The van der Waals surface area contributed by atoms with Crippen LogP contribution in [0.4, 0.5) is 5.69 Å². The van der Waals surface area contributed by atoms with Gasteiger partial charge in [-0.3, -0.25) is 9.11 Å². The number of hydrogen-bond donors (Lipinski definition) is 2. The van der Waals surface area contributed by atoms with Crippen molar-refractivity contribution >= 4 is 25.9 Å². The summed E-state index contributed by atoms with van der Waals surface area (Å²) in [6.45, 7) is 4.58. The smallest absolute Gasteiger partial charge is 1.00 e. The molecule has 2 N–H and O–H groups in total. The van der Waals surface area contributed by atoms with Crippen LogP contribution in [-0.4, -0.2) is 50.5 Å². The molecule has 1 aromatic rings. The Balaban J connectivity index is 0. The van der Waals surface area contributed by atoms with E-state index in [1.807, 2.05) is 36.9 Å². The Bertz CT molecular complexity index is 681. The summed E-state index contributed by atoms with van der Waals surface area (Å²) in [7, 11) is -8.05. The maximum atomic E-state index is 10.8. The van der Waals surface area contributed by atoms with Gasteiger partial charge >= 0.3 is 29.6 Å². The van der Waals surface area contributed by atoms with Gasteiger partial charge in [0.1, 0.15) is 0 Å². The monoisotopic (exact) mass is 389 g/mol. The number of rotatable bonds is 9. The summed E-state index contributed by atoms with van der Waals surface area (Å²) in [5, 5.41) is 0. The van der Waals surface area contributed by atoms with E-state index in [0.29, 0.717) is 13.1 Å². The van der Waals surface area contributed by atoms with Crippen molar-refractivity contribution in [1.29, 1.82) is 0 Å². The van der Waals surface area contributed by atoms with Crippen LogP contribution in [0, 0.1) is 13.8 Å². The van der Waals surface area contributed by atoms with Gasteiger partial charge in [0.05, 0.1) is 11.5 Å². The molecule has 7 nitrogen and oxygen atoms in total. The molecule has 10 heteroatoms. The van der Waals surface area contributed by atoms with E-state index in [1.165, 1.54) is 0 Å². The van der Waals surface area contributed by atoms with E-state index in [9.17, 15) is 16.8 Å². The minimum atomic E-state index is -4.02. The van der Waals surface area contributed by atoms with Crippen LogP contribution in [0.5, 0.6) is 0 Å². The molecule has 0 spiro atoms. The number of aryl methyl sites for hydroxylation is 2. The van der Waals surface area contributed by atoms with Gasteiger partial charge in [-0.25, -0.2) is 0 Å². The van der Waals surface area contributed by atoms with Crippen molar-refractivity contribution in [2.45, 2.75) is 26.7 Å². The van der Waals surface area contributed by atoms with E-state index in [1.54, 1.807) is 0 Å². The van der Waals surface area contributed by atoms with E-state index in [0.717, 1.165) is 16.8 Å². The van der Waals surface area contributed by atoms with Crippen molar-refractivity contribution in [3.63, 3.8) is 0 Å². The van der Waals surface area contributed by atoms with Gasteiger partial charge in [0.25, 0.3) is 20.2 Å². The van der Waals surface area contributed by atoms with Gasteiger partial charge in [-0.15, -0.1) is 0 Å². The molecule has 0 fully saturated rings. The Morgan fingerprint density at radius 2 is 1.25 bits per heavy atom. The molecule has 0 aliphatic heterocycles. The van der Waals surface area contributed by atoms with Gasteiger partial charge in [-0.2, -0.15) is 16.8 Å². The molecule has 0 aliphatic carbocycles. The van der Waals surface area contributed by atoms with E-state index in [4.69, 9.17) is 9.11 Å². The van der Waals surface area contributed by atoms with E-state index < -0.39 is 20.2 Å². The first-order valence-electron chi connectivity index (χ1n) is 7.20. The van der Waals surface area contributed by atoms with Gasteiger partial charge in [0.15, 0.2) is 0 Å². The quantitative estimate of drug-likeness (QED) is 0.402. The molecule has 0 saturated heterocycles. The summed E-state index contributed by atoms with van der Waals surface area (Å²) in [5.74, 6) is -0.709. The van der Waals surface area contributed by atoms with Crippen molar-refractivity contribution < 1.29 is 56.9 Å². The van der Waals surface area contributed by atoms with Crippen molar-refractivity contribution in [1.82, 2.24) is 0 Å². The van der Waals surface area contributed by atoms with Gasteiger partial charge in [-0.05, 0) is 49.9 Å². The Morgan fingerprint density at radius 1 is 0.875 bits per heavy atom. The second-order valence-electron chi connectivity index (χ2n) is 5.61. The standard InChI is InChI=1S/C14H23NO6S2.Na.H/c1-12-9-13(2)11-14(10-12)15(5-3-7-22(16,17)18)6-4-8-23(19,20)21;;/h9-11H,3-8H2,1-2H3,(H,16,17,18)(H,19,20,21);;/q;+1;-1. The van der Waals surface area contributed by atoms with Crippen LogP contribution < -0.4 is 34.5 Å². The van der Waals surface area contributed by atoms with Crippen LogP contribution in [0.15, 0.2) is 18.2 Å². The van der Waals surface area contributed by atoms with Crippen LogP contribution >= 0.6 is 0 Å². The zero-order valence-electron chi connectivity index (χ0n) is 15.3. The largest absolute Gasteiger partial charge is 1.00 e. The fraction of sp³-hybridized carbons (Fsp3) is 0.571. The zero-order valence-corrected chi connectivity index (χ0v) is 17.9. The molecule has 0 aromatic heterocycles. The summed E-state index contributed by atoms with van der Waals surface area (Å²) in [4.78, 5) is 1.86. The molecule has 0 heterocycles. The molecule has 0 amide bonds. The van der Waals surface area contributed by atoms with E-state index in [-0.39, 0.29) is 55.3 Å². The number of hydrogen-bond acceptors (Lipinski definition) is 5. The minimum absolute atomic E-state index is 0. The van der Waals surface area contributed by atoms with E-state index >= 15 is 0 Å².